The summed E-state index contributed by atoms with van der Waals surface area (Å²) in [5.41, 5.74) is 6.79. The van der Waals surface area contributed by atoms with Gasteiger partial charge in [-0.3, -0.25) is 9.59 Å². The molecule has 12 nitrogen and oxygen atoms in total. The third kappa shape index (κ3) is 4.91. The fourth-order valence-electron chi connectivity index (χ4n) is 2.15. The van der Waals surface area contributed by atoms with Crippen molar-refractivity contribution in [2.24, 2.45) is 5.73 Å². The van der Waals surface area contributed by atoms with Crippen LogP contribution in [0.4, 0.5) is 0 Å². The molecule has 0 aliphatic rings. The zero-order valence-corrected chi connectivity index (χ0v) is 13.6. The summed E-state index contributed by atoms with van der Waals surface area (Å²) >= 11 is 0. The third-order valence-corrected chi connectivity index (χ3v) is 4.71. The molecule has 0 saturated heterocycles. The lowest BCUT2D eigenvalue weighted by atomic mass is 10.2. The Morgan fingerprint density at radius 3 is 2.64 bits per heavy atom. The summed E-state index contributed by atoms with van der Waals surface area (Å²) < 4.78 is 26.3. The molecule has 0 aliphatic carbocycles. The molecule has 2 atom stereocenters. The Labute approximate surface area is 141 Å². The van der Waals surface area contributed by atoms with Gasteiger partial charge in [0.1, 0.15) is 17.9 Å². The number of aromatic amines is 1. The molecule has 0 aliphatic heterocycles. The Balaban J connectivity index is 2.12. The van der Waals surface area contributed by atoms with E-state index in [4.69, 9.17) is 15.9 Å². The summed E-state index contributed by atoms with van der Waals surface area (Å²) in [4.78, 5) is 36.1. The van der Waals surface area contributed by atoms with Gasteiger partial charge in [-0.05, 0) is 6.42 Å². The van der Waals surface area contributed by atoms with Gasteiger partial charge in [0, 0.05) is 6.42 Å². The SMILES string of the molecule is NC(CS(=O)(=O)N[C@@H](CCC(=O)O)C(=O)O)c1ncnc2nc[nH]c12. The maximum atomic E-state index is 12.2. The van der Waals surface area contributed by atoms with Crippen LogP contribution in [-0.4, -0.2) is 62.3 Å². The number of H-pyrrole nitrogens is 1. The maximum absolute atomic E-state index is 12.2. The number of nitrogens with one attached hydrogen (secondary N) is 2. The molecule has 0 bridgehead atoms. The van der Waals surface area contributed by atoms with Gasteiger partial charge in [0.25, 0.3) is 0 Å². The maximum Gasteiger partial charge on any atom is 0.321 e. The number of nitrogens with two attached hydrogens (primary N) is 1. The standard InChI is InChI=1S/C12H16N6O6S/c13-6(9-10-11(16-4-14-9)17-5-15-10)3-25(23,24)18-7(12(21)22)1-2-8(19)20/h4-7,18H,1-3,13H2,(H,19,20)(H,21,22)(H,14,15,16,17)/t6?,7-/m0/s1. The smallest absolute Gasteiger partial charge is 0.321 e. The van der Waals surface area contributed by atoms with Crippen molar-refractivity contribution in [3.05, 3.63) is 18.3 Å². The lowest BCUT2D eigenvalue weighted by Crippen LogP contribution is -2.43. The van der Waals surface area contributed by atoms with E-state index in [0.29, 0.717) is 11.2 Å². The van der Waals surface area contributed by atoms with Gasteiger partial charge in [0.15, 0.2) is 5.65 Å². The highest BCUT2D eigenvalue weighted by atomic mass is 32.2. The molecule has 2 aromatic heterocycles. The van der Waals surface area contributed by atoms with Gasteiger partial charge in [0.05, 0.1) is 23.8 Å². The number of sulfonamides is 1. The van der Waals surface area contributed by atoms with Gasteiger partial charge in [-0.25, -0.2) is 28.1 Å². The van der Waals surface area contributed by atoms with E-state index >= 15 is 0 Å². The molecule has 6 N–H and O–H groups in total. The van der Waals surface area contributed by atoms with E-state index in [1.165, 1.54) is 12.7 Å². The molecule has 0 amide bonds. The molecular formula is C12H16N6O6S. The number of aliphatic carboxylic acids is 2. The first-order valence-corrected chi connectivity index (χ1v) is 8.69. The average molecular weight is 372 g/mol. The number of aromatic nitrogens is 4. The topological polar surface area (TPSA) is 201 Å². The summed E-state index contributed by atoms with van der Waals surface area (Å²) in [7, 11) is -4.12. The Morgan fingerprint density at radius 2 is 2.00 bits per heavy atom. The predicted molar refractivity (Wildman–Crippen MR) is 83.8 cm³/mol. The van der Waals surface area contributed by atoms with E-state index in [-0.39, 0.29) is 5.69 Å². The summed E-state index contributed by atoms with van der Waals surface area (Å²) in [5, 5.41) is 17.6. The molecule has 0 radical (unpaired) electrons. The van der Waals surface area contributed by atoms with Crippen LogP contribution >= 0.6 is 0 Å². The van der Waals surface area contributed by atoms with Crippen LogP contribution in [0, 0.1) is 0 Å². The number of carboxylic acid groups (broad SMARTS) is 2. The van der Waals surface area contributed by atoms with Crippen molar-refractivity contribution in [2.45, 2.75) is 24.9 Å². The number of fused-ring (bicyclic) bond motifs is 1. The number of hydrogen-bond donors (Lipinski definition) is 5. The molecule has 0 saturated carbocycles. The van der Waals surface area contributed by atoms with Gasteiger partial charge < -0.3 is 20.9 Å². The van der Waals surface area contributed by atoms with Crippen molar-refractivity contribution in [2.75, 3.05) is 5.75 Å². The second-order valence-electron chi connectivity index (χ2n) is 5.19. The van der Waals surface area contributed by atoms with E-state index in [9.17, 15) is 18.0 Å². The molecule has 136 valence electrons. The molecule has 25 heavy (non-hydrogen) atoms. The van der Waals surface area contributed by atoms with E-state index in [1.807, 2.05) is 4.72 Å². The summed E-state index contributed by atoms with van der Waals surface area (Å²) in [6.45, 7) is 0. The van der Waals surface area contributed by atoms with Gasteiger partial charge >= 0.3 is 11.9 Å². The molecule has 2 heterocycles. The van der Waals surface area contributed by atoms with E-state index in [0.717, 1.165) is 0 Å². The molecule has 0 fully saturated rings. The minimum absolute atomic E-state index is 0.213. The Kier molecular flexibility index (Phi) is 5.61. The highest BCUT2D eigenvalue weighted by molar-refractivity contribution is 7.89. The lowest BCUT2D eigenvalue weighted by molar-refractivity contribution is -0.140. The van der Waals surface area contributed by atoms with Crippen molar-refractivity contribution >= 4 is 33.1 Å². The van der Waals surface area contributed by atoms with Crippen LogP contribution in [0.1, 0.15) is 24.6 Å². The van der Waals surface area contributed by atoms with Gasteiger partial charge in [0.2, 0.25) is 10.0 Å². The van der Waals surface area contributed by atoms with Gasteiger partial charge in [-0.15, -0.1) is 0 Å². The van der Waals surface area contributed by atoms with Crippen LogP contribution < -0.4 is 10.5 Å². The molecule has 1 unspecified atom stereocenters. The van der Waals surface area contributed by atoms with E-state index < -0.39 is 52.6 Å². The first kappa shape index (κ1) is 18.7. The number of rotatable bonds is 9. The molecule has 0 aromatic carbocycles. The normalized spacial score (nSPS) is 14.3. The fourth-order valence-corrected chi connectivity index (χ4v) is 3.52. The Bertz CT molecular complexity index is 881. The second kappa shape index (κ2) is 7.50. The predicted octanol–water partition coefficient (Wildman–Crippen LogP) is -1.41. The number of imidazole rings is 1. The largest absolute Gasteiger partial charge is 0.481 e. The monoisotopic (exact) mass is 372 g/mol. The Hall–Kier alpha value is -2.64. The number of hydrogen-bond acceptors (Lipinski definition) is 8. The molecule has 13 heteroatoms. The summed E-state index contributed by atoms with van der Waals surface area (Å²) in [6.07, 6.45) is 1.66. The van der Waals surface area contributed by atoms with Crippen LogP contribution in [0.3, 0.4) is 0 Å². The van der Waals surface area contributed by atoms with Gasteiger partial charge in [-0.2, -0.15) is 0 Å². The second-order valence-corrected chi connectivity index (χ2v) is 6.99. The van der Waals surface area contributed by atoms with Crippen molar-refractivity contribution in [1.82, 2.24) is 24.7 Å². The molecular weight excluding hydrogens is 356 g/mol. The van der Waals surface area contributed by atoms with Crippen molar-refractivity contribution in [3.63, 3.8) is 0 Å². The van der Waals surface area contributed by atoms with Crippen LogP contribution in [0.15, 0.2) is 12.7 Å². The first-order valence-electron chi connectivity index (χ1n) is 7.04. The van der Waals surface area contributed by atoms with Crippen LogP contribution in [0.5, 0.6) is 0 Å². The fraction of sp³-hybridized carbons (Fsp3) is 0.417. The van der Waals surface area contributed by atoms with Crippen molar-refractivity contribution in [3.8, 4) is 0 Å². The van der Waals surface area contributed by atoms with E-state index in [1.54, 1.807) is 0 Å². The minimum Gasteiger partial charge on any atom is -0.481 e. The van der Waals surface area contributed by atoms with Gasteiger partial charge in [-0.1, -0.05) is 0 Å². The first-order chi connectivity index (χ1) is 11.7. The number of carbonyl (C=O) groups is 2. The minimum atomic E-state index is -4.12. The Morgan fingerprint density at radius 1 is 1.28 bits per heavy atom. The quantitative estimate of drug-likeness (QED) is 0.348. The van der Waals surface area contributed by atoms with Crippen LogP contribution in [-0.2, 0) is 19.6 Å². The van der Waals surface area contributed by atoms with Crippen molar-refractivity contribution < 1.29 is 28.2 Å². The molecule has 2 aromatic rings. The number of carboxylic acids is 2. The number of nitrogens with zero attached hydrogens (tertiary/aromatic N) is 3. The highest BCUT2D eigenvalue weighted by Crippen LogP contribution is 2.17. The lowest BCUT2D eigenvalue weighted by Gasteiger charge is -2.16. The van der Waals surface area contributed by atoms with Crippen LogP contribution in [0.25, 0.3) is 11.2 Å². The van der Waals surface area contributed by atoms with Crippen LogP contribution in [0.2, 0.25) is 0 Å². The summed E-state index contributed by atoms with van der Waals surface area (Å²) in [5.74, 6) is -3.35. The zero-order valence-electron chi connectivity index (χ0n) is 12.8. The molecule has 0 spiro atoms. The molecule has 2 rings (SSSR count). The third-order valence-electron chi connectivity index (χ3n) is 3.27. The zero-order chi connectivity index (χ0) is 18.6. The summed E-state index contributed by atoms with van der Waals surface area (Å²) in [6, 6.07) is -2.64. The van der Waals surface area contributed by atoms with E-state index in [2.05, 4.69) is 19.9 Å². The average Bonchev–Trinajstić information content (AvgIpc) is 2.98. The highest BCUT2D eigenvalue weighted by Gasteiger charge is 2.27. The van der Waals surface area contributed by atoms with Crippen molar-refractivity contribution in [1.29, 1.82) is 0 Å².